The number of nitrogens with zero attached hydrogens (tertiary/aromatic N) is 3. The first kappa shape index (κ1) is 23.6. The van der Waals surface area contributed by atoms with Gasteiger partial charge in [-0.1, -0.05) is 35.5 Å². The lowest BCUT2D eigenvalue weighted by atomic mass is 10.2. The quantitative estimate of drug-likeness (QED) is 0.332. The number of benzene rings is 2. The van der Waals surface area contributed by atoms with Crippen LogP contribution >= 0.6 is 23.4 Å². The predicted octanol–water partition coefficient (Wildman–Crippen LogP) is 4.88. The van der Waals surface area contributed by atoms with Gasteiger partial charge in [-0.3, -0.25) is 9.36 Å². The van der Waals surface area contributed by atoms with Gasteiger partial charge in [0, 0.05) is 12.2 Å². The molecule has 3 aromatic rings. The van der Waals surface area contributed by atoms with E-state index < -0.39 is 5.82 Å². The number of allylic oxidation sites excluding steroid dienone is 1. The fraction of sp³-hybridized carbons (Fsp3) is 0.227. The Bertz CT molecular complexity index is 1120. The maximum Gasteiger partial charge on any atom is 0.234 e. The van der Waals surface area contributed by atoms with Crippen molar-refractivity contribution in [3.05, 3.63) is 71.3 Å². The van der Waals surface area contributed by atoms with Gasteiger partial charge in [0.1, 0.15) is 12.4 Å². The fourth-order valence-corrected chi connectivity index (χ4v) is 3.73. The van der Waals surface area contributed by atoms with Gasteiger partial charge in [-0.05, 0) is 42.8 Å². The average Bonchev–Trinajstić information content (AvgIpc) is 3.15. The second-order valence-corrected chi connectivity index (χ2v) is 8.06. The molecule has 0 saturated carbocycles. The van der Waals surface area contributed by atoms with Crippen molar-refractivity contribution in [3.8, 4) is 11.5 Å². The second kappa shape index (κ2) is 11.0. The molecule has 2 aromatic carbocycles. The minimum atomic E-state index is -0.547. The zero-order chi connectivity index (χ0) is 23.1. The summed E-state index contributed by atoms with van der Waals surface area (Å²) < 4.78 is 26.3. The monoisotopic (exact) mass is 476 g/mol. The molecule has 0 fully saturated rings. The summed E-state index contributed by atoms with van der Waals surface area (Å²) in [6.45, 7) is 6.36. The van der Waals surface area contributed by atoms with Crippen molar-refractivity contribution in [2.24, 2.45) is 0 Å². The summed E-state index contributed by atoms with van der Waals surface area (Å²) in [5.74, 6) is 1.06. The van der Waals surface area contributed by atoms with Crippen LogP contribution < -0.4 is 14.8 Å². The zero-order valence-corrected chi connectivity index (χ0v) is 19.2. The molecule has 0 atom stereocenters. The molecule has 168 valence electrons. The van der Waals surface area contributed by atoms with Crippen LogP contribution in [0.2, 0.25) is 5.02 Å². The number of thioether (sulfide) groups is 1. The molecule has 0 radical (unpaired) electrons. The number of aromatic nitrogens is 3. The molecule has 1 amide bonds. The van der Waals surface area contributed by atoms with Crippen LogP contribution in [-0.4, -0.2) is 33.5 Å². The Hall–Kier alpha value is -3.04. The van der Waals surface area contributed by atoms with Crippen molar-refractivity contribution in [1.82, 2.24) is 14.8 Å². The van der Waals surface area contributed by atoms with E-state index in [9.17, 15) is 9.18 Å². The molecular formula is C22H22ClFN4O3S. The molecule has 1 heterocycles. The summed E-state index contributed by atoms with van der Waals surface area (Å²) >= 11 is 6.96. The highest BCUT2D eigenvalue weighted by Crippen LogP contribution is 2.29. The van der Waals surface area contributed by atoms with Gasteiger partial charge in [0.25, 0.3) is 0 Å². The Morgan fingerprint density at radius 3 is 2.81 bits per heavy atom. The van der Waals surface area contributed by atoms with Gasteiger partial charge < -0.3 is 14.8 Å². The fourth-order valence-electron chi connectivity index (χ4n) is 2.78. The molecule has 3 rings (SSSR count). The average molecular weight is 477 g/mol. The van der Waals surface area contributed by atoms with E-state index in [1.165, 1.54) is 30.0 Å². The van der Waals surface area contributed by atoms with Gasteiger partial charge >= 0.3 is 0 Å². The first-order valence-electron chi connectivity index (χ1n) is 9.59. The Morgan fingerprint density at radius 2 is 2.09 bits per heavy atom. The molecule has 10 heteroatoms. The number of methoxy groups -OCH3 is 1. The van der Waals surface area contributed by atoms with E-state index in [0.29, 0.717) is 34.7 Å². The van der Waals surface area contributed by atoms with Crippen LogP contribution in [0.5, 0.6) is 11.5 Å². The number of anilines is 1. The van der Waals surface area contributed by atoms with E-state index in [2.05, 4.69) is 22.1 Å². The van der Waals surface area contributed by atoms with E-state index >= 15 is 0 Å². The minimum absolute atomic E-state index is 0.0592. The molecule has 0 saturated heterocycles. The molecule has 0 unspecified atom stereocenters. The van der Waals surface area contributed by atoms with Gasteiger partial charge in [0.15, 0.2) is 22.5 Å². The number of ether oxygens (including phenoxy) is 2. The van der Waals surface area contributed by atoms with Crippen LogP contribution in [0.25, 0.3) is 0 Å². The van der Waals surface area contributed by atoms with Gasteiger partial charge in [0.05, 0.1) is 17.9 Å². The highest BCUT2D eigenvalue weighted by atomic mass is 35.5. The number of carbonyl (C=O) groups excluding carboxylic acids is 1. The van der Waals surface area contributed by atoms with E-state index in [0.717, 1.165) is 5.56 Å². The summed E-state index contributed by atoms with van der Waals surface area (Å²) in [5, 5.41) is 11.5. The standard InChI is InChI=1S/C22H22ClFN4O3S/c1-4-9-28-20(12-31-18-8-5-14(2)10-19(18)30-3)26-27-22(28)32-13-21(29)25-15-6-7-17(24)16(23)11-15/h4-8,10-11H,1,9,12-13H2,2-3H3,(H,25,29). The molecule has 1 N–H and O–H groups in total. The van der Waals surface area contributed by atoms with Gasteiger partial charge in [-0.2, -0.15) is 0 Å². The summed E-state index contributed by atoms with van der Waals surface area (Å²) in [6, 6.07) is 9.65. The van der Waals surface area contributed by atoms with Gasteiger partial charge in [-0.15, -0.1) is 16.8 Å². The zero-order valence-electron chi connectivity index (χ0n) is 17.6. The molecule has 0 spiro atoms. The van der Waals surface area contributed by atoms with Crippen molar-refractivity contribution in [2.45, 2.75) is 25.2 Å². The third-order valence-corrected chi connectivity index (χ3v) is 5.57. The summed E-state index contributed by atoms with van der Waals surface area (Å²) in [4.78, 5) is 12.3. The van der Waals surface area contributed by atoms with Crippen LogP contribution in [0, 0.1) is 12.7 Å². The van der Waals surface area contributed by atoms with E-state index in [-0.39, 0.29) is 23.3 Å². The third-order valence-electron chi connectivity index (χ3n) is 4.32. The Kier molecular flexibility index (Phi) is 8.13. The number of carbonyl (C=O) groups is 1. The summed E-state index contributed by atoms with van der Waals surface area (Å²) in [6.07, 6.45) is 1.71. The third kappa shape index (κ3) is 6.02. The first-order chi connectivity index (χ1) is 15.4. The highest BCUT2D eigenvalue weighted by molar-refractivity contribution is 7.99. The number of amides is 1. The second-order valence-electron chi connectivity index (χ2n) is 6.71. The smallest absolute Gasteiger partial charge is 0.234 e. The first-order valence-corrected chi connectivity index (χ1v) is 11.0. The van der Waals surface area contributed by atoms with Gasteiger partial charge in [0.2, 0.25) is 5.91 Å². The lowest BCUT2D eigenvalue weighted by Crippen LogP contribution is -2.15. The number of hydrogen-bond donors (Lipinski definition) is 1. The van der Waals surface area contributed by atoms with Crippen molar-refractivity contribution < 1.29 is 18.7 Å². The predicted molar refractivity (Wildman–Crippen MR) is 123 cm³/mol. The molecule has 0 aliphatic rings. The van der Waals surface area contributed by atoms with Crippen LogP contribution in [0.3, 0.4) is 0 Å². The van der Waals surface area contributed by atoms with Crippen molar-refractivity contribution >= 4 is 35.0 Å². The molecular weight excluding hydrogens is 455 g/mol. The minimum Gasteiger partial charge on any atom is -0.493 e. The van der Waals surface area contributed by atoms with Crippen molar-refractivity contribution in [1.29, 1.82) is 0 Å². The molecule has 7 nitrogen and oxygen atoms in total. The number of nitrogens with one attached hydrogen (secondary N) is 1. The van der Waals surface area contributed by atoms with E-state index in [1.807, 2.05) is 29.7 Å². The Morgan fingerprint density at radius 1 is 1.28 bits per heavy atom. The molecule has 1 aromatic heterocycles. The highest BCUT2D eigenvalue weighted by Gasteiger charge is 2.15. The number of aryl methyl sites for hydroxylation is 1. The van der Waals surface area contributed by atoms with Crippen LogP contribution in [0.4, 0.5) is 10.1 Å². The molecule has 0 aliphatic heterocycles. The van der Waals surface area contributed by atoms with E-state index in [4.69, 9.17) is 21.1 Å². The van der Waals surface area contributed by atoms with Crippen molar-refractivity contribution in [3.63, 3.8) is 0 Å². The Balaban J connectivity index is 1.64. The largest absolute Gasteiger partial charge is 0.493 e. The van der Waals surface area contributed by atoms with Crippen molar-refractivity contribution in [2.75, 3.05) is 18.2 Å². The normalized spacial score (nSPS) is 10.6. The van der Waals surface area contributed by atoms with E-state index in [1.54, 1.807) is 13.2 Å². The maximum absolute atomic E-state index is 13.3. The SMILES string of the molecule is C=CCn1c(COc2ccc(C)cc2OC)nnc1SCC(=O)Nc1ccc(F)c(Cl)c1. The van der Waals surface area contributed by atoms with Crippen LogP contribution in [0.15, 0.2) is 54.2 Å². The van der Waals surface area contributed by atoms with Crippen LogP contribution in [0.1, 0.15) is 11.4 Å². The summed E-state index contributed by atoms with van der Waals surface area (Å²) in [7, 11) is 1.58. The molecule has 32 heavy (non-hydrogen) atoms. The number of halogens is 2. The lowest BCUT2D eigenvalue weighted by molar-refractivity contribution is -0.113. The Labute approximate surface area is 194 Å². The van der Waals surface area contributed by atoms with Crippen LogP contribution in [-0.2, 0) is 17.9 Å². The summed E-state index contributed by atoms with van der Waals surface area (Å²) in [5.41, 5.74) is 1.47. The molecule has 0 aliphatic carbocycles. The lowest BCUT2D eigenvalue weighted by Gasteiger charge is -2.12. The molecule has 0 bridgehead atoms. The van der Waals surface area contributed by atoms with Gasteiger partial charge in [-0.25, -0.2) is 4.39 Å². The number of hydrogen-bond acceptors (Lipinski definition) is 6. The maximum atomic E-state index is 13.3. The number of rotatable bonds is 10. The topological polar surface area (TPSA) is 78.3 Å².